The lowest BCUT2D eigenvalue weighted by Crippen LogP contribution is -2.21. The average Bonchev–Trinajstić information content (AvgIpc) is 3.44. The van der Waals surface area contributed by atoms with E-state index < -0.39 is 18.5 Å². The van der Waals surface area contributed by atoms with Gasteiger partial charge in [0, 0.05) is 36.4 Å². The molecule has 4 heterocycles. The van der Waals surface area contributed by atoms with Crippen LogP contribution in [0.25, 0.3) is 22.4 Å². The van der Waals surface area contributed by atoms with Crippen molar-refractivity contribution in [1.29, 1.82) is 0 Å². The number of aromatic nitrogens is 6. The Morgan fingerprint density at radius 3 is 2.73 bits per heavy atom. The number of aryl methyl sites for hydroxylation is 1. The van der Waals surface area contributed by atoms with Gasteiger partial charge in [0.2, 0.25) is 0 Å². The molecule has 4 aromatic rings. The molecule has 1 N–H and O–H groups in total. The third-order valence-electron chi connectivity index (χ3n) is 5.04. The summed E-state index contributed by atoms with van der Waals surface area (Å²) in [5, 5.41) is 19.2. The summed E-state index contributed by atoms with van der Waals surface area (Å²) in [4.78, 5) is 3.95. The predicted molar refractivity (Wildman–Crippen MR) is 112 cm³/mol. The Morgan fingerprint density at radius 1 is 1.06 bits per heavy atom. The van der Waals surface area contributed by atoms with Gasteiger partial charge in [0.25, 0.3) is 0 Å². The molecule has 3 aromatic heterocycles. The number of hydrogen-bond donors (Lipinski definition) is 1. The first kappa shape index (κ1) is 20.8. The molecule has 0 fully saturated rings. The van der Waals surface area contributed by atoms with Gasteiger partial charge in [0.15, 0.2) is 11.7 Å². The van der Waals surface area contributed by atoms with E-state index in [1.54, 1.807) is 39.8 Å². The van der Waals surface area contributed by atoms with Gasteiger partial charge in [-0.05, 0) is 29.8 Å². The van der Waals surface area contributed by atoms with E-state index in [1.807, 2.05) is 0 Å². The minimum absolute atomic E-state index is 0.0428. The lowest BCUT2D eigenvalue weighted by atomic mass is 10.0. The van der Waals surface area contributed by atoms with E-state index in [2.05, 4.69) is 30.7 Å². The number of anilines is 1. The molecule has 0 aliphatic carbocycles. The summed E-state index contributed by atoms with van der Waals surface area (Å²) in [6.45, 7) is -1.22. The van der Waals surface area contributed by atoms with Crippen LogP contribution in [0.3, 0.4) is 0 Å². The Hall–Kier alpha value is -4.09. The minimum atomic E-state index is -4.39. The van der Waals surface area contributed by atoms with Crippen molar-refractivity contribution in [3.63, 3.8) is 0 Å². The lowest BCUT2D eigenvalue weighted by molar-refractivity contribution is -0.115. The van der Waals surface area contributed by atoms with Crippen LogP contribution in [0.2, 0.25) is 0 Å². The van der Waals surface area contributed by atoms with Crippen LogP contribution < -0.4 is 5.32 Å². The highest BCUT2D eigenvalue weighted by atomic mass is 19.4. The molecule has 0 unspecified atom stereocenters. The second-order valence-electron chi connectivity index (χ2n) is 7.32. The Kier molecular flexibility index (Phi) is 5.11. The summed E-state index contributed by atoms with van der Waals surface area (Å²) in [5.41, 5.74) is 1.64. The normalized spacial score (nSPS) is 13.5. The molecule has 8 nitrogen and oxygen atoms in total. The number of pyridine rings is 1. The number of nitrogens with zero attached hydrogens (tertiary/aromatic N) is 7. The first-order valence-corrected chi connectivity index (χ1v) is 9.96. The molecule has 0 saturated carbocycles. The van der Waals surface area contributed by atoms with Crippen molar-refractivity contribution in [2.45, 2.75) is 19.0 Å². The number of nitrogens with one attached hydrogen (secondary N) is 1. The van der Waals surface area contributed by atoms with E-state index >= 15 is 0 Å². The maximum Gasteiger partial charge on any atom is 0.405 e. The summed E-state index contributed by atoms with van der Waals surface area (Å²) in [5.74, 6) is 0.881. The van der Waals surface area contributed by atoms with Crippen LogP contribution in [0.15, 0.2) is 60.2 Å². The topological polar surface area (TPSA) is 85.8 Å². The van der Waals surface area contributed by atoms with Gasteiger partial charge in [-0.25, -0.2) is 18.7 Å². The fourth-order valence-corrected chi connectivity index (χ4v) is 3.52. The average molecular weight is 456 g/mol. The molecule has 5 rings (SSSR count). The second kappa shape index (κ2) is 8.11. The monoisotopic (exact) mass is 456 g/mol. The summed E-state index contributed by atoms with van der Waals surface area (Å²) in [6, 6.07) is 9.27. The second-order valence-corrected chi connectivity index (χ2v) is 7.32. The highest BCUT2D eigenvalue weighted by Gasteiger charge is 2.27. The van der Waals surface area contributed by atoms with Gasteiger partial charge in [-0.2, -0.15) is 23.4 Å². The van der Waals surface area contributed by atoms with Crippen molar-refractivity contribution in [2.24, 2.45) is 5.10 Å². The smallest absolute Gasteiger partial charge is 0.361 e. The minimum Gasteiger partial charge on any atom is -0.361 e. The number of halogens is 4. The number of hydrogen-bond acceptors (Lipinski definition) is 6. The van der Waals surface area contributed by atoms with Crippen molar-refractivity contribution in [3.05, 3.63) is 66.8 Å². The number of fused-ring (bicyclic) bond motifs is 1. The fourth-order valence-electron chi connectivity index (χ4n) is 3.52. The molecule has 12 heteroatoms. The predicted octanol–water partition coefficient (Wildman–Crippen LogP) is 3.97. The fraction of sp³-hybridized carbons (Fsp3) is 0.190. The van der Waals surface area contributed by atoms with Crippen LogP contribution in [-0.4, -0.2) is 48.2 Å². The van der Waals surface area contributed by atoms with Crippen LogP contribution >= 0.6 is 0 Å². The zero-order valence-corrected chi connectivity index (χ0v) is 17.0. The van der Waals surface area contributed by atoms with Crippen LogP contribution in [0, 0.1) is 5.82 Å². The molecule has 0 spiro atoms. The van der Waals surface area contributed by atoms with Gasteiger partial charge in [0.05, 0.1) is 0 Å². The van der Waals surface area contributed by atoms with Crippen molar-refractivity contribution in [1.82, 2.24) is 29.6 Å². The van der Waals surface area contributed by atoms with Gasteiger partial charge in [0.1, 0.15) is 30.2 Å². The highest BCUT2D eigenvalue weighted by molar-refractivity contribution is 5.89. The Bertz CT molecular complexity index is 1340. The Balaban J connectivity index is 1.59. The molecule has 0 radical (unpaired) electrons. The summed E-state index contributed by atoms with van der Waals surface area (Å²) < 4.78 is 55.6. The summed E-state index contributed by atoms with van der Waals surface area (Å²) in [6.07, 6.45) is 1.30. The number of alkyl halides is 3. The molecule has 33 heavy (non-hydrogen) atoms. The van der Waals surface area contributed by atoms with Crippen LogP contribution in [0.5, 0.6) is 0 Å². The lowest BCUT2D eigenvalue weighted by Gasteiger charge is -2.12. The summed E-state index contributed by atoms with van der Waals surface area (Å²) in [7, 11) is 0. The molecule has 168 valence electrons. The molecular formula is C21H16F4N8. The zero-order chi connectivity index (χ0) is 23.0. The third-order valence-corrected chi connectivity index (χ3v) is 5.04. The molecule has 0 saturated heterocycles. The number of rotatable bonds is 4. The molecule has 0 bridgehead atoms. The quantitative estimate of drug-likeness (QED) is 0.470. The SMILES string of the molecule is Fc1ccccc1-c1nn(C2=Nn3cnnc3CC2)cc1-c1ccnc(NCC(F)(F)F)c1. The largest absolute Gasteiger partial charge is 0.405 e. The molecular weight excluding hydrogens is 440 g/mol. The van der Waals surface area contributed by atoms with Crippen LogP contribution in [0.4, 0.5) is 23.4 Å². The van der Waals surface area contributed by atoms with Gasteiger partial charge in [-0.1, -0.05) is 12.1 Å². The van der Waals surface area contributed by atoms with E-state index in [4.69, 9.17) is 0 Å². The van der Waals surface area contributed by atoms with Crippen molar-refractivity contribution >= 4 is 11.7 Å². The first-order chi connectivity index (χ1) is 15.9. The van der Waals surface area contributed by atoms with Crippen LogP contribution in [0.1, 0.15) is 12.2 Å². The van der Waals surface area contributed by atoms with E-state index in [9.17, 15) is 17.6 Å². The molecule has 1 aliphatic heterocycles. The standard InChI is InChI=1S/C21H16F4N8/c22-16-4-2-1-3-14(16)20-15(13-7-8-26-17(9-13)27-11-21(23,24)25)10-32(31-20)19-6-5-18-29-28-12-33(18)30-19/h1-4,7-10,12H,5-6,11H2,(H,26,27). The third kappa shape index (κ3) is 4.31. The maximum absolute atomic E-state index is 14.7. The van der Waals surface area contributed by atoms with E-state index in [0.29, 0.717) is 35.5 Å². The van der Waals surface area contributed by atoms with Gasteiger partial charge < -0.3 is 5.32 Å². The van der Waals surface area contributed by atoms with E-state index in [1.165, 1.54) is 24.7 Å². The molecule has 0 amide bonds. The summed E-state index contributed by atoms with van der Waals surface area (Å²) >= 11 is 0. The maximum atomic E-state index is 14.7. The van der Waals surface area contributed by atoms with Crippen molar-refractivity contribution in [2.75, 3.05) is 11.9 Å². The van der Waals surface area contributed by atoms with Crippen LogP contribution in [-0.2, 0) is 6.42 Å². The van der Waals surface area contributed by atoms with Gasteiger partial charge >= 0.3 is 6.18 Å². The van der Waals surface area contributed by atoms with E-state index in [-0.39, 0.29) is 11.4 Å². The van der Waals surface area contributed by atoms with Gasteiger partial charge in [-0.15, -0.1) is 10.2 Å². The zero-order valence-electron chi connectivity index (χ0n) is 17.0. The molecule has 1 aromatic carbocycles. The molecule has 1 aliphatic rings. The first-order valence-electron chi connectivity index (χ1n) is 9.96. The highest BCUT2D eigenvalue weighted by Crippen LogP contribution is 2.33. The Morgan fingerprint density at radius 2 is 1.91 bits per heavy atom. The molecule has 0 atom stereocenters. The number of benzene rings is 1. The Labute approximate surface area is 184 Å². The van der Waals surface area contributed by atoms with E-state index in [0.717, 1.165) is 5.82 Å². The van der Waals surface area contributed by atoms with Gasteiger partial charge in [-0.3, -0.25) is 0 Å². The van der Waals surface area contributed by atoms with Crippen molar-refractivity contribution < 1.29 is 17.6 Å². The van der Waals surface area contributed by atoms with Crippen molar-refractivity contribution in [3.8, 4) is 22.4 Å².